The molecular weight excluding hydrogens is 321 g/mol. The molecule has 0 unspecified atom stereocenters. The summed E-state index contributed by atoms with van der Waals surface area (Å²) in [7, 11) is 0. The summed E-state index contributed by atoms with van der Waals surface area (Å²) in [5.74, 6) is 4.53. The van der Waals surface area contributed by atoms with Crippen molar-refractivity contribution in [2.24, 2.45) is 0 Å². The first kappa shape index (κ1) is 18.3. The Bertz CT molecular complexity index is 854. The average Bonchev–Trinajstić information content (AvgIpc) is 2.58. The number of hydrogen-bond acceptors (Lipinski definition) is 4. The number of aryl methyl sites for hydroxylation is 2. The smallest absolute Gasteiger partial charge is 0.259 e. The summed E-state index contributed by atoms with van der Waals surface area (Å²) in [5.41, 5.74) is 7.57. The molecule has 0 aliphatic rings. The van der Waals surface area contributed by atoms with E-state index in [0.717, 1.165) is 11.3 Å². The van der Waals surface area contributed by atoms with Crippen molar-refractivity contribution in [3.05, 3.63) is 46.9 Å². The monoisotopic (exact) mass is 341 g/mol. The highest BCUT2D eigenvalue weighted by atomic mass is 19.1. The lowest BCUT2D eigenvalue weighted by Gasteiger charge is -2.12. The molecule has 1 amide bonds. The second kappa shape index (κ2) is 8.15. The Balaban J connectivity index is 2.20. The fraction of sp³-hybridized carbons (Fsp3) is 0.263. The molecule has 0 atom stereocenters. The number of nitrogens with zero attached hydrogens (tertiary/aromatic N) is 1. The molecule has 1 heterocycles. The van der Waals surface area contributed by atoms with Crippen molar-refractivity contribution in [1.29, 1.82) is 0 Å². The van der Waals surface area contributed by atoms with Gasteiger partial charge in [-0.05, 0) is 37.6 Å². The number of rotatable bonds is 4. The topological polar surface area (TPSA) is 77.2 Å². The van der Waals surface area contributed by atoms with Gasteiger partial charge in [0.2, 0.25) is 0 Å². The molecule has 3 N–H and O–H groups in total. The number of amides is 1. The van der Waals surface area contributed by atoms with E-state index in [0.29, 0.717) is 6.42 Å². The number of carbonyl (C=O) groups excluding carboxylic acids is 1. The summed E-state index contributed by atoms with van der Waals surface area (Å²) in [6, 6.07) is 6.14. The van der Waals surface area contributed by atoms with Crippen LogP contribution in [0.2, 0.25) is 0 Å². The molecule has 0 saturated heterocycles. The van der Waals surface area contributed by atoms with Crippen LogP contribution in [0.4, 0.5) is 15.9 Å². The number of ether oxygens (including phenoxy) is 1. The van der Waals surface area contributed by atoms with E-state index in [1.54, 1.807) is 19.1 Å². The van der Waals surface area contributed by atoms with Gasteiger partial charge in [0.1, 0.15) is 12.4 Å². The zero-order valence-corrected chi connectivity index (χ0v) is 14.4. The lowest BCUT2D eigenvalue weighted by atomic mass is 10.1. The summed E-state index contributed by atoms with van der Waals surface area (Å²) < 4.78 is 19.8. The van der Waals surface area contributed by atoms with Crippen molar-refractivity contribution < 1.29 is 13.9 Å². The van der Waals surface area contributed by atoms with E-state index in [1.165, 1.54) is 12.1 Å². The minimum Gasteiger partial charge on any atom is -0.478 e. The normalized spacial score (nSPS) is 9.92. The highest BCUT2D eigenvalue weighted by Crippen LogP contribution is 2.25. The maximum absolute atomic E-state index is 14.5. The molecule has 25 heavy (non-hydrogen) atoms. The Morgan fingerprint density at radius 3 is 2.84 bits per heavy atom. The van der Waals surface area contributed by atoms with E-state index in [4.69, 9.17) is 10.5 Å². The lowest BCUT2D eigenvalue weighted by Crippen LogP contribution is -2.17. The third kappa shape index (κ3) is 4.48. The molecule has 2 rings (SSSR count). The highest BCUT2D eigenvalue weighted by Gasteiger charge is 2.16. The zero-order valence-electron chi connectivity index (χ0n) is 14.4. The van der Waals surface area contributed by atoms with Crippen LogP contribution in [-0.2, 0) is 0 Å². The summed E-state index contributed by atoms with van der Waals surface area (Å²) in [5, 5.41) is 2.51. The third-order valence-corrected chi connectivity index (χ3v) is 3.55. The fourth-order valence-electron chi connectivity index (χ4n) is 2.10. The van der Waals surface area contributed by atoms with E-state index in [9.17, 15) is 9.18 Å². The molecule has 0 radical (unpaired) electrons. The van der Waals surface area contributed by atoms with Crippen molar-refractivity contribution in [3.8, 4) is 17.6 Å². The van der Waals surface area contributed by atoms with Gasteiger partial charge < -0.3 is 15.8 Å². The number of nitrogens with one attached hydrogen (secondary N) is 1. The standard InChI is InChI=1S/C19H20FN3O2/c1-4-5-6-10-25-16-9-7-8-15(17(16)20)23-19(24)14-11-12(2)13(3)22-18(14)21/h7-9,11H,4,10H2,1-3H3,(H2,21,22)(H,23,24). The van der Waals surface area contributed by atoms with Crippen molar-refractivity contribution in [2.75, 3.05) is 17.7 Å². The summed E-state index contributed by atoms with van der Waals surface area (Å²) in [6.07, 6.45) is 0.702. The number of benzene rings is 1. The van der Waals surface area contributed by atoms with Gasteiger partial charge in [-0.1, -0.05) is 18.9 Å². The Hall–Kier alpha value is -3.07. The lowest BCUT2D eigenvalue weighted by molar-refractivity contribution is 0.102. The Morgan fingerprint density at radius 1 is 1.36 bits per heavy atom. The van der Waals surface area contributed by atoms with Crippen molar-refractivity contribution in [1.82, 2.24) is 4.98 Å². The zero-order chi connectivity index (χ0) is 18.4. The molecular formula is C19H20FN3O2. The molecule has 0 bridgehead atoms. The van der Waals surface area contributed by atoms with Gasteiger partial charge in [0, 0.05) is 12.1 Å². The van der Waals surface area contributed by atoms with Crippen LogP contribution in [0.5, 0.6) is 5.75 Å². The average molecular weight is 341 g/mol. The van der Waals surface area contributed by atoms with Crippen LogP contribution >= 0.6 is 0 Å². The Kier molecular flexibility index (Phi) is 5.96. The quantitative estimate of drug-likeness (QED) is 0.835. The highest BCUT2D eigenvalue weighted by molar-refractivity contribution is 6.07. The molecule has 6 heteroatoms. The molecule has 130 valence electrons. The van der Waals surface area contributed by atoms with Crippen molar-refractivity contribution in [2.45, 2.75) is 27.2 Å². The minimum absolute atomic E-state index is 0.00331. The van der Waals surface area contributed by atoms with Gasteiger partial charge in [-0.25, -0.2) is 9.37 Å². The molecule has 1 aromatic heterocycles. The van der Waals surface area contributed by atoms with Gasteiger partial charge in [-0.15, -0.1) is 5.92 Å². The molecule has 2 aromatic rings. The van der Waals surface area contributed by atoms with Crippen LogP contribution < -0.4 is 15.8 Å². The number of aromatic nitrogens is 1. The van der Waals surface area contributed by atoms with Crippen LogP contribution in [0.25, 0.3) is 0 Å². The second-order valence-corrected chi connectivity index (χ2v) is 5.39. The van der Waals surface area contributed by atoms with Gasteiger partial charge in [0.15, 0.2) is 11.6 Å². The molecule has 0 spiro atoms. The van der Waals surface area contributed by atoms with E-state index in [2.05, 4.69) is 22.1 Å². The molecule has 0 aliphatic heterocycles. The van der Waals surface area contributed by atoms with Crippen molar-refractivity contribution >= 4 is 17.4 Å². The maximum atomic E-state index is 14.5. The predicted molar refractivity (Wildman–Crippen MR) is 96.0 cm³/mol. The van der Waals surface area contributed by atoms with Crippen LogP contribution in [0.15, 0.2) is 24.3 Å². The molecule has 1 aromatic carbocycles. The molecule has 0 aliphatic carbocycles. The van der Waals surface area contributed by atoms with Gasteiger partial charge in [0.25, 0.3) is 5.91 Å². The van der Waals surface area contributed by atoms with Gasteiger partial charge in [-0.2, -0.15) is 0 Å². The number of anilines is 2. The van der Waals surface area contributed by atoms with E-state index in [1.807, 2.05) is 13.8 Å². The SMILES string of the molecule is CCC#CCOc1cccc(NC(=O)c2cc(C)c(C)nc2N)c1F. The van der Waals surface area contributed by atoms with Crippen LogP contribution in [0.3, 0.4) is 0 Å². The number of carbonyl (C=O) groups is 1. The van der Waals surface area contributed by atoms with Gasteiger partial charge in [0.05, 0.1) is 11.3 Å². The largest absolute Gasteiger partial charge is 0.478 e. The number of nitrogens with two attached hydrogens (primary N) is 1. The summed E-state index contributed by atoms with van der Waals surface area (Å²) in [6.45, 7) is 5.62. The maximum Gasteiger partial charge on any atom is 0.259 e. The van der Waals surface area contributed by atoms with Crippen LogP contribution in [0, 0.1) is 31.5 Å². The van der Waals surface area contributed by atoms with E-state index < -0.39 is 11.7 Å². The van der Waals surface area contributed by atoms with E-state index >= 15 is 0 Å². The fourth-order valence-corrected chi connectivity index (χ4v) is 2.10. The summed E-state index contributed by atoms with van der Waals surface area (Å²) in [4.78, 5) is 16.5. The minimum atomic E-state index is -0.662. The van der Waals surface area contributed by atoms with Gasteiger partial charge in [-0.3, -0.25) is 4.79 Å². The number of hydrogen-bond donors (Lipinski definition) is 2. The van der Waals surface area contributed by atoms with E-state index in [-0.39, 0.29) is 29.4 Å². The van der Waals surface area contributed by atoms with Crippen LogP contribution in [-0.4, -0.2) is 17.5 Å². The predicted octanol–water partition coefficient (Wildman–Crippen LogP) is 3.46. The number of nitrogen functional groups attached to an aromatic ring is 1. The first-order valence-corrected chi connectivity index (χ1v) is 7.86. The molecule has 5 nitrogen and oxygen atoms in total. The van der Waals surface area contributed by atoms with Crippen molar-refractivity contribution in [3.63, 3.8) is 0 Å². The molecule has 0 fully saturated rings. The Morgan fingerprint density at radius 2 is 2.12 bits per heavy atom. The summed E-state index contributed by atoms with van der Waals surface area (Å²) >= 11 is 0. The van der Waals surface area contributed by atoms with Gasteiger partial charge >= 0.3 is 0 Å². The second-order valence-electron chi connectivity index (χ2n) is 5.39. The van der Waals surface area contributed by atoms with Crippen LogP contribution in [0.1, 0.15) is 35.0 Å². The first-order valence-electron chi connectivity index (χ1n) is 7.86. The first-order chi connectivity index (χ1) is 11.9. The number of halogens is 1. The number of pyridine rings is 1. The molecule has 0 saturated carbocycles. The Labute approximate surface area is 146 Å². The third-order valence-electron chi connectivity index (χ3n) is 3.55.